The van der Waals surface area contributed by atoms with Crippen LogP contribution < -0.4 is 0 Å². The number of hydrogen-bond donors (Lipinski definition) is 0. The summed E-state index contributed by atoms with van der Waals surface area (Å²) in [5.74, 6) is 0. The molecule has 0 atom stereocenters. The Hall–Kier alpha value is -22.0. The first kappa shape index (κ1) is 89.5. The maximum Gasteiger partial charge on any atom is 0.158 e. The summed E-state index contributed by atoms with van der Waals surface area (Å²) in [6, 6.07) is 155. The molecule has 145 heavy (non-hydrogen) atoms. The molecule has 0 spiro atoms. The second-order valence-electron chi connectivity index (χ2n) is 33.8. The zero-order chi connectivity index (χ0) is 99.0. The van der Waals surface area contributed by atoms with Crippen LogP contribution in [0.3, 0.4) is 0 Å². The van der Waals surface area contributed by atoms with Crippen molar-refractivity contribution in [3.63, 3.8) is 0 Å². The van der Waals surface area contributed by atoms with E-state index in [-0.39, 0.29) is 28.3 Å². The van der Waals surface area contributed by atoms with Crippen LogP contribution in [0.5, 0.6) is 0 Å². The van der Waals surface area contributed by atoms with Gasteiger partial charge in [0, 0.05) is 129 Å². The molecule has 0 bridgehead atoms. The number of nitrogens with zero attached hydrogens (tertiary/aromatic N) is 20. The summed E-state index contributed by atoms with van der Waals surface area (Å²) in [4.78, 5) is 20.5. The Morgan fingerprint density at radius 1 is 0.179 bits per heavy atom. The van der Waals surface area contributed by atoms with Crippen molar-refractivity contribution in [3.8, 4) is 145 Å². The highest BCUT2D eigenvalue weighted by Crippen LogP contribution is 2.42. The smallest absolute Gasteiger partial charge is 0.158 e. The Labute approximate surface area is 830 Å². The lowest BCUT2D eigenvalue weighted by molar-refractivity contribution is 1.18. The fourth-order valence-corrected chi connectivity index (χ4v) is 19.3. The summed E-state index contributed by atoms with van der Waals surface area (Å²) in [5, 5.41) is 105. The van der Waals surface area contributed by atoms with Gasteiger partial charge in [0.05, 0.1) is 83.5 Å². The van der Waals surface area contributed by atoms with E-state index in [9.17, 15) is 47.4 Å². The standard InChI is InChI=1S/5C25H14N4/c26-14-17-12-22(23(15-27)28-16-17)18-6-5-7-19(13-18)29-24-10-3-1-8-20(24)21-9-2-4-11-25(21)29;26-15-19-12-18(13-20(16-27)28-19)17-6-5-7-21(14-17)29-24-10-3-1-8-22(24)23-9-2-4-11-25(23)29;26-14-18-12-19(16-28-23(18)15-27)17-6-5-7-20(13-17)29-24-10-3-1-8-21(24)22-9-2-4-11-25(22)29;26-14-18-16-28-19(15-27)13-23(18)17-6-5-7-20(12-17)29-24-10-3-1-8-21(24)22-9-2-4-11-25(22)29;26-15-18-12-13-28-22(16-27)25(18)17-6-5-7-19(14-17)29-23-10-3-1-8-20(23)21-9-2-4-11-24(21)29/h1-13,16H;1-14H;2*1-13,16H;1-14H. The fraction of sp³-hybridized carbons (Fsp3) is 0. The second kappa shape index (κ2) is 39.3. The Morgan fingerprint density at radius 2 is 0.490 bits per heavy atom. The molecule has 0 unspecified atom stereocenters. The topological polar surface area (TPSA) is 327 Å². The van der Waals surface area contributed by atoms with Gasteiger partial charge < -0.3 is 22.8 Å². The summed E-state index contributed by atoms with van der Waals surface area (Å²) in [7, 11) is 0. The molecule has 10 aromatic heterocycles. The third-order valence-electron chi connectivity index (χ3n) is 25.6. The number of pyridine rings is 5. The first-order valence-corrected chi connectivity index (χ1v) is 46.0. The maximum atomic E-state index is 9.54. The third-order valence-corrected chi connectivity index (χ3v) is 25.6. The molecule has 20 nitrogen and oxygen atoms in total. The number of aromatic nitrogens is 10. The number of hydrogen-bond acceptors (Lipinski definition) is 15. The van der Waals surface area contributed by atoms with Crippen molar-refractivity contribution in [2.75, 3.05) is 0 Å². The van der Waals surface area contributed by atoms with Crippen molar-refractivity contribution in [3.05, 3.63) is 482 Å². The first-order chi connectivity index (χ1) is 71.5. The molecule has 0 aliphatic carbocycles. The average Bonchev–Trinajstić information content (AvgIpc) is 1.62. The number of fused-ring (bicyclic) bond motifs is 15. The normalized spacial score (nSPS) is 10.7. The lowest BCUT2D eigenvalue weighted by atomic mass is 9.98. The highest BCUT2D eigenvalue weighted by Gasteiger charge is 2.23. The molecule has 25 rings (SSSR count). The van der Waals surface area contributed by atoms with Crippen LogP contribution in [-0.2, 0) is 0 Å². The second-order valence-corrected chi connectivity index (χ2v) is 33.8. The van der Waals surface area contributed by atoms with Gasteiger partial charge in [-0.05, 0) is 191 Å². The van der Waals surface area contributed by atoms with E-state index >= 15 is 0 Å². The minimum absolute atomic E-state index is 0.148. The van der Waals surface area contributed by atoms with Gasteiger partial charge in [-0.15, -0.1) is 0 Å². The van der Waals surface area contributed by atoms with E-state index in [2.05, 4.69) is 290 Å². The van der Waals surface area contributed by atoms with Crippen LogP contribution >= 0.6 is 0 Å². The van der Waals surface area contributed by atoms with Crippen LogP contribution in [-0.4, -0.2) is 47.8 Å². The van der Waals surface area contributed by atoms with Crippen LogP contribution in [0.4, 0.5) is 0 Å². The molecule has 0 saturated carbocycles. The lowest BCUT2D eigenvalue weighted by Crippen LogP contribution is -1.97. The first-order valence-electron chi connectivity index (χ1n) is 46.0. The highest BCUT2D eigenvalue weighted by molar-refractivity contribution is 6.14. The van der Waals surface area contributed by atoms with Gasteiger partial charge in [0.1, 0.15) is 83.1 Å². The predicted octanol–water partition coefficient (Wildman–Crippen LogP) is 27.9. The van der Waals surface area contributed by atoms with E-state index in [1.54, 1.807) is 42.6 Å². The fourth-order valence-electron chi connectivity index (χ4n) is 19.3. The largest absolute Gasteiger partial charge is 0.309 e. The van der Waals surface area contributed by atoms with E-state index in [0.717, 1.165) is 123 Å². The van der Waals surface area contributed by atoms with Crippen molar-refractivity contribution in [1.29, 1.82) is 52.6 Å². The summed E-state index contributed by atoms with van der Waals surface area (Å²) in [6.45, 7) is 0. The molecule has 20 heteroatoms. The molecule has 0 radical (unpaired) electrons. The van der Waals surface area contributed by atoms with Crippen molar-refractivity contribution in [2.45, 2.75) is 0 Å². The minimum atomic E-state index is 0.148. The molecule has 0 aliphatic rings. The zero-order valence-electron chi connectivity index (χ0n) is 76.9. The number of para-hydroxylation sites is 10. The predicted molar refractivity (Wildman–Crippen MR) is 567 cm³/mol. The molecule has 0 saturated heterocycles. The summed E-state index contributed by atoms with van der Waals surface area (Å²) in [6.07, 6.45) is 6.03. The molecular formula is C125H70N20. The van der Waals surface area contributed by atoms with Gasteiger partial charge in [-0.2, -0.15) is 52.6 Å². The maximum absolute atomic E-state index is 9.54. The Bertz CT molecular complexity index is 9490. The molecule has 0 aliphatic heterocycles. The van der Waals surface area contributed by atoms with E-state index in [1.807, 2.05) is 182 Å². The summed E-state index contributed by atoms with van der Waals surface area (Å²) >= 11 is 0. The van der Waals surface area contributed by atoms with Gasteiger partial charge in [0.2, 0.25) is 0 Å². The van der Waals surface area contributed by atoms with Crippen LogP contribution in [0.1, 0.15) is 56.4 Å². The molecule has 0 amide bonds. The highest BCUT2D eigenvalue weighted by atomic mass is 15.0. The lowest BCUT2D eigenvalue weighted by Gasteiger charge is -2.11. The van der Waals surface area contributed by atoms with Gasteiger partial charge in [-0.25, -0.2) is 24.9 Å². The monoisotopic (exact) mass is 1850 g/mol. The SMILES string of the molecule is N#Cc1cc(-c2cccc(-n3c4ccccc4c4ccccc43)c2)c(C#N)cn1.N#Cc1cc(-c2cccc(-n3c4ccccc4c4ccccc43)c2)cc(C#N)n1.N#Cc1cc(-c2cccc(-n3c4ccccc4c4ccccc43)c2)cnc1C#N.N#Cc1ccnc(C#N)c1-c1cccc(-n2c3ccccc3c3ccccc32)c1.N#Cc1cnc(C#N)c(-c2cccc(-n3c4ccccc4c4ccccc43)c2)c1. The molecule has 0 fully saturated rings. The minimum Gasteiger partial charge on any atom is -0.309 e. The van der Waals surface area contributed by atoms with Crippen LogP contribution in [0.15, 0.2) is 425 Å². The number of benzene rings is 15. The van der Waals surface area contributed by atoms with Crippen molar-refractivity contribution in [2.24, 2.45) is 0 Å². The Balaban J connectivity index is 0.000000107. The van der Waals surface area contributed by atoms with Gasteiger partial charge in [-0.3, -0.25) is 0 Å². The summed E-state index contributed by atoms with van der Waals surface area (Å²) < 4.78 is 11.2. The molecule has 0 N–H and O–H groups in total. The molecule has 670 valence electrons. The van der Waals surface area contributed by atoms with Gasteiger partial charge in [0.25, 0.3) is 0 Å². The van der Waals surface area contributed by atoms with Crippen molar-refractivity contribution in [1.82, 2.24) is 47.8 Å². The number of nitriles is 10. The number of rotatable bonds is 10. The van der Waals surface area contributed by atoms with E-state index in [0.29, 0.717) is 44.8 Å². The average molecular weight is 1850 g/mol. The third kappa shape index (κ3) is 16.8. The molecular weight excluding hydrogens is 1780 g/mol. The van der Waals surface area contributed by atoms with E-state index < -0.39 is 0 Å². The summed E-state index contributed by atoms with van der Waals surface area (Å²) in [5.41, 5.74) is 27.3. The van der Waals surface area contributed by atoms with Crippen molar-refractivity contribution >= 4 is 109 Å². The zero-order valence-corrected chi connectivity index (χ0v) is 76.9. The van der Waals surface area contributed by atoms with Gasteiger partial charge >= 0.3 is 0 Å². The molecule has 25 aromatic rings. The molecule has 15 aromatic carbocycles. The Kier molecular flexibility index (Phi) is 24.3. The molecule has 10 heterocycles. The van der Waals surface area contributed by atoms with Crippen molar-refractivity contribution < 1.29 is 0 Å². The van der Waals surface area contributed by atoms with Gasteiger partial charge in [-0.1, -0.05) is 243 Å². The quantitative estimate of drug-likeness (QED) is 0.123. The van der Waals surface area contributed by atoms with Crippen LogP contribution in [0.25, 0.3) is 193 Å². The van der Waals surface area contributed by atoms with E-state index in [4.69, 9.17) is 5.26 Å². The van der Waals surface area contributed by atoms with Crippen LogP contribution in [0.2, 0.25) is 0 Å². The van der Waals surface area contributed by atoms with Gasteiger partial charge in [0.15, 0.2) is 5.69 Å². The van der Waals surface area contributed by atoms with E-state index in [1.165, 1.54) is 72.5 Å². The van der Waals surface area contributed by atoms with Crippen LogP contribution in [0, 0.1) is 113 Å². The Morgan fingerprint density at radius 3 is 0.828 bits per heavy atom.